The Bertz CT molecular complexity index is 5310. The molecule has 18 rings (SSSR count). The SMILES string of the molecule is c1ccc(-c2cccc(N(c3cccc4c3oc3ccccc34)c3cc4c(c5oc6ccccc6c35)-c3ccc(N(c5ccccc5-c5ccccc5)c5cccc6c5oc5ccccc56)cc3C43c4ccccc4-c4ccccc43)c2)cc1. The molecular formula is C79H48N2O3. The fraction of sp³-hybridized carbons (Fsp3) is 0.0127. The zero-order valence-electron chi connectivity index (χ0n) is 45.3. The van der Waals surface area contributed by atoms with Gasteiger partial charge in [0.15, 0.2) is 11.2 Å². The maximum absolute atomic E-state index is 7.51. The number of benzene rings is 13. The summed E-state index contributed by atoms with van der Waals surface area (Å²) in [6.07, 6.45) is 0. The molecule has 13 aromatic carbocycles. The van der Waals surface area contributed by atoms with E-state index >= 15 is 0 Å². The van der Waals surface area contributed by atoms with E-state index in [0.717, 1.165) is 139 Å². The summed E-state index contributed by atoms with van der Waals surface area (Å²) < 4.78 is 21.5. The van der Waals surface area contributed by atoms with Crippen molar-refractivity contribution in [3.63, 3.8) is 0 Å². The topological polar surface area (TPSA) is 45.9 Å². The zero-order chi connectivity index (χ0) is 55.0. The van der Waals surface area contributed by atoms with Gasteiger partial charge < -0.3 is 23.1 Å². The van der Waals surface area contributed by atoms with E-state index in [0.29, 0.717) is 0 Å². The zero-order valence-corrected chi connectivity index (χ0v) is 45.3. The number of nitrogens with zero attached hydrogens (tertiary/aromatic N) is 2. The highest BCUT2D eigenvalue weighted by molar-refractivity contribution is 6.21. The molecule has 5 heteroatoms. The Labute approximate surface area is 483 Å². The molecule has 1 spiro atoms. The summed E-state index contributed by atoms with van der Waals surface area (Å²) in [5.41, 5.74) is 23.8. The molecule has 84 heavy (non-hydrogen) atoms. The van der Waals surface area contributed by atoms with E-state index in [1.807, 2.05) is 12.1 Å². The predicted octanol–water partition coefficient (Wildman–Crippen LogP) is 22.0. The van der Waals surface area contributed by atoms with Crippen molar-refractivity contribution in [1.82, 2.24) is 0 Å². The molecule has 0 saturated heterocycles. The Hall–Kier alpha value is -11.1. The molecular weight excluding hydrogens is 1020 g/mol. The lowest BCUT2D eigenvalue weighted by Gasteiger charge is -2.33. The van der Waals surface area contributed by atoms with Crippen LogP contribution in [0.25, 0.3) is 110 Å². The van der Waals surface area contributed by atoms with Crippen LogP contribution in [0.1, 0.15) is 22.3 Å². The fourth-order valence-corrected chi connectivity index (χ4v) is 14.4. The number of rotatable bonds is 8. The van der Waals surface area contributed by atoms with Crippen molar-refractivity contribution in [2.24, 2.45) is 0 Å². The molecule has 0 N–H and O–H groups in total. The summed E-state index contributed by atoms with van der Waals surface area (Å²) >= 11 is 0. The van der Waals surface area contributed by atoms with Gasteiger partial charge in [-0.1, -0.05) is 224 Å². The van der Waals surface area contributed by atoms with Crippen LogP contribution in [-0.4, -0.2) is 0 Å². The van der Waals surface area contributed by atoms with Crippen molar-refractivity contribution >= 4 is 99.9 Å². The van der Waals surface area contributed by atoms with Crippen LogP contribution in [-0.2, 0) is 5.41 Å². The van der Waals surface area contributed by atoms with E-state index in [4.69, 9.17) is 13.3 Å². The maximum atomic E-state index is 7.51. The molecule has 0 unspecified atom stereocenters. The molecule has 3 aromatic heterocycles. The number of hydrogen-bond donors (Lipinski definition) is 0. The van der Waals surface area contributed by atoms with E-state index in [9.17, 15) is 0 Å². The number of fused-ring (bicyclic) bond motifs is 20. The van der Waals surface area contributed by atoms with Crippen molar-refractivity contribution in [2.75, 3.05) is 9.80 Å². The molecule has 16 aromatic rings. The quantitative estimate of drug-likeness (QED) is 0.152. The van der Waals surface area contributed by atoms with E-state index < -0.39 is 5.41 Å². The minimum atomic E-state index is -0.825. The summed E-state index contributed by atoms with van der Waals surface area (Å²) in [4.78, 5) is 4.86. The Morgan fingerprint density at radius 2 is 0.714 bits per heavy atom. The molecule has 0 bridgehead atoms. The van der Waals surface area contributed by atoms with Crippen LogP contribution in [0.15, 0.2) is 304 Å². The van der Waals surface area contributed by atoms with Crippen LogP contribution in [0.4, 0.5) is 34.1 Å². The molecule has 2 aliphatic carbocycles. The molecule has 0 radical (unpaired) electrons. The summed E-state index contributed by atoms with van der Waals surface area (Å²) in [5, 5.41) is 6.31. The second kappa shape index (κ2) is 17.9. The van der Waals surface area contributed by atoms with E-state index in [1.54, 1.807) is 0 Å². The molecule has 5 nitrogen and oxygen atoms in total. The first-order valence-corrected chi connectivity index (χ1v) is 28.7. The van der Waals surface area contributed by atoms with Crippen LogP contribution >= 0.6 is 0 Å². The predicted molar refractivity (Wildman–Crippen MR) is 345 cm³/mol. The summed E-state index contributed by atoms with van der Waals surface area (Å²) in [6, 6.07) is 105. The van der Waals surface area contributed by atoms with Crippen molar-refractivity contribution in [1.29, 1.82) is 0 Å². The van der Waals surface area contributed by atoms with Crippen LogP contribution in [0.3, 0.4) is 0 Å². The molecule has 3 heterocycles. The average Bonchev–Trinajstić information content (AvgIpc) is 1.80. The van der Waals surface area contributed by atoms with Crippen LogP contribution in [0, 0.1) is 0 Å². The standard InChI is InChI=1S/C79H48N2O3/c1-3-22-49(23-4-1)51-26-19-27-52(46-51)81(69-40-21-35-60-58-32-11-17-42-72(58)83-77(60)69)70-48-66-74(78-75(70)62-33-12-18-43-73(62)84-78)61-45-44-53(47-65(61)79(66)63-36-13-7-29-55(63)56-30-8-14-37-64(56)79)80(67-38-15-9-28-54(67)50-24-5-2-6-25-50)68-39-20-34-59-57-31-10-16-41-71(57)82-76(59)68/h1-48H. The first-order chi connectivity index (χ1) is 41.7. The lowest BCUT2D eigenvalue weighted by atomic mass is 9.70. The van der Waals surface area contributed by atoms with E-state index in [-0.39, 0.29) is 0 Å². The van der Waals surface area contributed by atoms with Gasteiger partial charge in [-0.15, -0.1) is 0 Å². The number of hydrogen-bond acceptors (Lipinski definition) is 5. The Balaban J connectivity index is 0.972. The third-order valence-electron chi connectivity index (χ3n) is 17.9. The largest absolute Gasteiger partial charge is 0.455 e. The monoisotopic (exact) mass is 1070 g/mol. The number of anilines is 6. The van der Waals surface area contributed by atoms with Gasteiger partial charge >= 0.3 is 0 Å². The van der Waals surface area contributed by atoms with E-state index in [2.05, 4.69) is 289 Å². The molecule has 0 amide bonds. The normalized spacial score (nSPS) is 12.9. The molecule has 2 aliphatic rings. The third-order valence-corrected chi connectivity index (χ3v) is 17.9. The molecule has 0 saturated carbocycles. The van der Waals surface area contributed by atoms with Gasteiger partial charge in [-0.2, -0.15) is 0 Å². The first kappa shape index (κ1) is 46.6. The van der Waals surface area contributed by atoms with Gasteiger partial charge in [0.05, 0.1) is 33.6 Å². The van der Waals surface area contributed by atoms with Crippen molar-refractivity contribution in [3.05, 3.63) is 313 Å². The van der Waals surface area contributed by atoms with Crippen LogP contribution in [0.2, 0.25) is 0 Å². The molecule has 0 fully saturated rings. The maximum Gasteiger partial charge on any atom is 0.159 e. The van der Waals surface area contributed by atoms with Crippen molar-refractivity contribution < 1.29 is 13.3 Å². The summed E-state index contributed by atoms with van der Waals surface area (Å²) in [6.45, 7) is 0. The molecule has 0 aliphatic heterocycles. The Kier molecular flexibility index (Phi) is 9.95. The average molecular weight is 1070 g/mol. The van der Waals surface area contributed by atoms with Gasteiger partial charge in [-0.3, -0.25) is 0 Å². The summed E-state index contributed by atoms with van der Waals surface area (Å²) in [5.74, 6) is 0. The number of furan rings is 3. The Morgan fingerprint density at radius 1 is 0.250 bits per heavy atom. The summed E-state index contributed by atoms with van der Waals surface area (Å²) in [7, 11) is 0. The Morgan fingerprint density at radius 3 is 1.37 bits per heavy atom. The van der Waals surface area contributed by atoms with Crippen LogP contribution in [0.5, 0.6) is 0 Å². The van der Waals surface area contributed by atoms with Gasteiger partial charge in [0, 0.05) is 49.4 Å². The first-order valence-electron chi connectivity index (χ1n) is 28.7. The minimum Gasteiger partial charge on any atom is -0.455 e. The second-order valence-corrected chi connectivity index (χ2v) is 22.2. The van der Waals surface area contributed by atoms with Crippen LogP contribution < -0.4 is 9.80 Å². The van der Waals surface area contributed by atoms with Gasteiger partial charge in [-0.25, -0.2) is 0 Å². The highest BCUT2D eigenvalue weighted by Crippen LogP contribution is 2.66. The van der Waals surface area contributed by atoms with Gasteiger partial charge in [0.2, 0.25) is 0 Å². The van der Waals surface area contributed by atoms with Crippen molar-refractivity contribution in [2.45, 2.75) is 5.41 Å². The lowest BCUT2D eigenvalue weighted by molar-refractivity contribution is 0.668. The lowest BCUT2D eigenvalue weighted by Crippen LogP contribution is -2.26. The van der Waals surface area contributed by atoms with Gasteiger partial charge in [0.1, 0.15) is 22.3 Å². The fourth-order valence-electron chi connectivity index (χ4n) is 14.4. The minimum absolute atomic E-state index is 0.805. The highest BCUT2D eigenvalue weighted by atomic mass is 16.3. The second-order valence-electron chi connectivity index (χ2n) is 22.2. The molecule has 392 valence electrons. The number of para-hydroxylation sites is 6. The van der Waals surface area contributed by atoms with Gasteiger partial charge in [-0.05, 0) is 122 Å². The molecule has 0 atom stereocenters. The van der Waals surface area contributed by atoms with Gasteiger partial charge in [0.25, 0.3) is 0 Å². The smallest absolute Gasteiger partial charge is 0.159 e. The van der Waals surface area contributed by atoms with Crippen molar-refractivity contribution in [3.8, 4) is 44.5 Å². The van der Waals surface area contributed by atoms with E-state index in [1.165, 1.54) is 27.8 Å². The third kappa shape index (κ3) is 6.55. The highest BCUT2D eigenvalue weighted by Gasteiger charge is 2.53.